The summed E-state index contributed by atoms with van der Waals surface area (Å²) in [6.45, 7) is 2.81. The molecule has 0 aliphatic carbocycles. The van der Waals surface area contributed by atoms with E-state index in [4.69, 9.17) is 0 Å². The van der Waals surface area contributed by atoms with Gasteiger partial charge in [-0.15, -0.1) is 0 Å². The van der Waals surface area contributed by atoms with Gasteiger partial charge >= 0.3 is 0 Å². The van der Waals surface area contributed by atoms with Gasteiger partial charge < -0.3 is 15.6 Å². The second-order valence-corrected chi connectivity index (χ2v) is 4.24. The summed E-state index contributed by atoms with van der Waals surface area (Å²) in [7, 11) is 0. The third kappa shape index (κ3) is 3.34. The maximum Gasteiger partial charge on any atom is 0.251 e. The second-order valence-electron chi connectivity index (χ2n) is 4.24. The fourth-order valence-electron chi connectivity index (χ4n) is 1.87. The van der Waals surface area contributed by atoms with E-state index in [0.29, 0.717) is 25.1 Å². The third-order valence-corrected chi connectivity index (χ3v) is 2.83. The molecule has 1 aromatic carbocycles. The molecule has 5 nitrogen and oxygen atoms in total. The highest BCUT2D eigenvalue weighted by molar-refractivity contribution is 5.98. The van der Waals surface area contributed by atoms with Gasteiger partial charge in [-0.3, -0.25) is 9.59 Å². The Morgan fingerprint density at radius 3 is 2.84 bits per heavy atom. The van der Waals surface area contributed by atoms with Crippen LogP contribution >= 0.6 is 0 Å². The van der Waals surface area contributed by atoms with Gasteiger partial charge in [0.1, 0.15) is 0 Å². The molecular formula is C14H17N3O2. The molecule has 19 heavy (non-hydrogen) atoms. The average molecular weight is 259 g/mol. The van der Waals surface area contributed by atoms with E-state index in [0.717, 1.165) is 10.9 Å². The first-order chi connectivity index (χ1) is 9.20. The van der Waals surface area contributed by atoms with Gasteiger partial charge in [0.05, 0.1) is 0 Å². The lowest BCUT2D eigenvalue weighted by Gasteiger charge is -2.05. The van der Waals surface area contributed by atoms with Crippen LogP contribution in [-0.2, 0) is 4.79 Å². The number of hydrogen-bond donors (Lipinski definition) is 3. The van der Waals surface area contributed by atoms with Gasteiger partial charge in [-0.2, -0.15) is 0 Å². The van der Waals surface area contributed by atoms with E-state index in [2.05, 4.69) is 15.6 Å². The molecule has 100 valence electrons. The summed E-state index contributed by atoms with van der Waals surface area (Å²) < 4.78 is 0. The zero-order valence-corrected chi connectivity index (χ0v) is 10.8. The van der Waals surface area contributed by atoms with Crippen LogP contribution in [0.3, 0.4) is 0 Å². The number of H-pyrrole nitrogens is 1. The Morgan fingerprint density at radius 1 is 1.21 bits per heavy atom. The van der Waals surface area contributed by atoms with Crippen molar-refractivity contribution in [1.82, 2.24) is 15.6 Å². The van der Waals surface area contributed by atoms with Crippen molar-refractivity contribution in [2.75, 3.05) is 13.1 Å². The number of hydrogen-bond acceptors (Lipinski definition) is 2. The standard InChI is InChI=1S/C14H17N3O2/c1-2-15-13(18)6-8-17-14(19)11-4-3-10-5-7-16-12(10)9-11/h3-5,7,9,16H,2,6,8H2,1H3,(H,15,18)(H,17,19). The molecule has 5 heteroatoms. The van der Waals surface area contributed by atoms with Crippen LogP contribution in [0, 0.1) is 0 Å². The van der Waals surface area contributed by atoms with Gasteiger partial charge in [-0.1, -0.05) is 6.07 Å². The Labute approximate surface area is 111 Å². The highest BCUT2D eigenvalue weighted by Crippen LogP contribution is 2.13. The highest BCUT2D eigenvalue weighted by atomic mass is 16.2. The zero-order chi connectivity index (χ0) is 13.7. The first-order valence-corrected chi connectivity index (χ1v) is 6.32. The molecule has 2 aromatic rings. The Bertz CT molecular complexity index is 589. The monoisotopic (exact) mass is 259 g/mol. The lowest BCUT2D eigenvalue weighted by Crippen LogP contribution is -2.30. The maximum atomic E-state index is 11.9. The largest absolute Gasteiger partial charge is 0.361 e. The smallest absolute Gasteiger partial charge is 0.251 e. The lowest BCUT2D eigenvalue weighted by molar-refractivity contribution is -0.120. The third-order valence-electron chi connectivity index (χ3n) is 2.83. The predicted molar refractivity (Wildman–Crippen MR) is 73.9 cm³/mol. The topological polar surface area (TPSA) is 74.0 Å². The molecule has 0 bridgehead atoms. The number of carbonyl (C=O) groups is 2. The Morgan fingerprint density at radius 2 is 2.05 bits per heavy atom. The van der Waals surface area contributed by atoms with Crippen molar-refractivity contribution in [3.63, 3.8) is 0 Å². The van der Waals surface area contributed by atoms with Crippen molar-refractivity contribution in [3.8, 4) is 0 Å². The number of aromatic amines is 1. The summed E-state index contributed by atoms with van der Waals surface area (Å²) >= 11 is 0. The van der Waals surface area contributed by atoms with Gasteiger partial charge in [-0.25, -0.2) is 0 Å². The molecule has 2 rings (SSSR count). The Hall–Kier alpha value is -2.30. The molecule has 0 atom stereocenters. The number of carbonyl (C=O) groups excluding carboxylic acids is 2. The van der Waals surface area contributed by atoms with E-state index < -0.39 is 0 Å². The molecule has 0 saturated carbocycles. The molecule has 0 spiro atoms. The molecule has 0 aliphatic heterocycles. The second kappa shape index (κ2) is 6.04. The van der Waals surface area contributed by atoms with Crippen LogP contribution in [0.15, 0.2) is 30.5 Å². The quantitative estimate of drug-likeness (QED) is 0.759. The minimum absolute atomic E-state index is 0.0531. The van der Waals surface area contributed by atoms with Gasteiger partial charge in [0.2, 0.25) is 5.91 Å². The molecule has 0 radical (unpaired) electrons. The van der Waals surface area contributed by atoms with Crippen LogP contribution in [0.5, 0.6) is 0 Å². The van der Waals surface area contributed by atoms with Gasteiger partial charge in [0.15, 0.2) is 0 Å². The van der Waals surface area contributed by atoms with Gasteiger partial charge in [0, 0.05) is 36.8 Å². The Balaban J connectivity index is 1.90. The van der Waals surface area contributed by atoms with Gasteiger partial charge in [-0.05, 0) is 30.5 Å². The predicted octanol–water partition coefficient (Wildman–Crippen LogP) is 1.42. The summed E-state index contributed by atoms with van der Waals surface area (Å²) in [5.74, 6) is -0.219. The van der Waals surface area contributed by atoms with Crippen LogP contribution in [0.4, 0.5) is 0 Å². The summed E-state index contributed by atoms with van der Waals surface area (Å²) in [4.78, 5) is 26.2. The molecule has 0 fully saturated rings. The molecule has 2 amide bonds. The number of fused-ring (bicyclic) bond motifs is 1. The molecule has 0 saturated heterocycles. The maximum absolute atomic E-state index is 11.9. The van der Waals surface area contributed by atoms with Crippen molar-refractivity contribution in [2.24, 2.45) is 0 Å². The van der Waals surface area contributed by atoms with Crippen molar-refractivity contribution in [3.05, 3.63) is 36.0 Å². The first kappa shape index (κ1) is 13.1. The molecule has 0 aliphatic rings. The molecule has 0 unspecified atom stereocenters. The van der Waals surface area contributed by atoms with Crippen LogP contribution in [-0.4, -0.2) is 29.9 Å². The number of aromatic nitrogens is 1. The van der Waals surface area contributed by atoms with Crippen molar-refractivity contribution in [2.45, 2.75) is 13.3 Å². The van der Waals surface area contributed by atoms with Crippen molar-refractivity contribution in [1.29, 1.82) is 0 Å². The van der Waals surface area contributed by atoms with E-state index in [1.54, 1.807) is 12.1 Å². The van der Waals surface area contributed by atoms with E-state index in [-0.39, 0.29) is 11.8 Å². The molecular weight excluding hydrogens is 242 g/mol. The van der Waals surface area contributed by atoms with Crippen molar-refractivity contribution >= 4 is 22.7 Å². The Kier molecular flexibility index (Phi) is 4.18. The lowest BCUT2D eigenvalue weighted by atomic mass is 10.1. The minimum atomic E-state index is -0.166. The molecule has 3 N–H and O–H groups in total. The normalized spacial score (nSPS) is 10.4. The fourth-order valence-corrected chi connectivity index (χ4v) is 1.87. The highest BCUT2D eigenvalue weighted by Gasteiger charge is 2.07. The first-order valence-electron chi connectivity index (χ1n) is 6.32. The summed E-state index contributed by atoms with van der Waals surface area (Å²) in [5, 5.41) is 6.48. The fraction of sp³-hybridized carbons (Fsp3) is 0.286. The van der Waals surface area contributed by atoms with Crippen LogP contribution < -0.4 is 10.6 Å². The summed E-state index contributed by atoms with van der Waals surface area (Å²) in [6, 6.07) is 7.42. The van der Waals surface area contributed by atoms with Gasteiger partial charge in [0.25, 0.3) is 5.91 Å². The van der Waals surface area contributed by atoms with E-state index in [9.17, 15) is 9.59 Å². The van der Waals surface area contributed by atoms with Crippen LogP contribution in [0.1, 0.15) is 23.7 Å². The van der Waals surface area contributed by atoms with Crippen LogP contribution in [0.2, 0.25) is 0 Å². The minimum Gasteiger partial charge on any atom is -0.361 e. The number of rotatable bonds is 5. The average Bonchev–Trinajstić information content (AvgIpc) is 2.86. The molecule has 1 aromatic heterocycles. The summed E-state index contributed by atoms with van der Waals surface area (Å²) in [6.07, 6.45) is 2.13. The number of benzene rings is 1. The van der Waals surface area contributed by atoms with Crippen LogP contribution in [0.25, 0.3) is 10.9 Å². The SMILES string of the molecule is CCNC(=O)CCNC(=O)c1ccc2cc[nH]c2c1. The van der Waals surface area contributed by atoms with E-state index in [1.807, 2.05) is 25.3 Å². The zero-order valence-electron chi connectivity index (χ0n) is 10.8. The van der Waals surface area contributed by atoms with E-state index in [1.165, 1.54) is 0 Å². The van der Waals surface area contributed by atoms with E-state index >= 15 is 0 Å². The number of amides is 2. The molecule has 1 heterocycles. The van der Waals surface area contributed by atoms with Crippen molar-refractivity contribution < 1.29 is 9.59 Å². The summed E-state index contributed by atoms with van der Waals surface area (Å²) in [5.41, 5.74) is 1.52. The number of nitrogens with one attached hydrogen (secondary N) is 3.